The lowest BCUT2D eigenvalue weighted by atomic mass is 9.90. The number of hydrogen-bond donors (Lipinski definition) is 3. The van der Waals surface area contributed by atoms with Crippen molar-refractivity contribution in [3.05, 3.63) is 106 Å². The number of piperidine rings is 1. The quantitative estimate of drug-likeness (QED) is 0.236. The summed E-state index contributed by atoms with van der Waals surface area (Å²) in [7, 11) is 0. The molecule has 0 aliphatic carbocycles. The van der Waals surface area contributed by atoms with Crippen LogP contribution in [0.15, 0.2) is 72.8 Å². The molecule has 1 amide bonds. The first kappa shape index (κ1) is 25.0. The lowest BCUT2D eigenvalue weighted by Gasteiger charge is -2.34. The van der Waals surface area contributed by atoms with Crippen LogP contribution in [-0.2, 0) is 6.42 Å². The summed E-state index contributed by atoms with van der Waals surface area (Å²) < 4.78 is 14.4. The summed E-state index contributed by atoms with van der Waals surface area (Å²) in [6.07, 6.45) is 2.98. The van der Waals surface area contributed by atoms with Gasteiger partial charge in [0.05, 0.1) is 15.9 Å². The third-order valence-electron chi connectivity index (χ3n) is 8.15. The van der Waals surface area contributed by atoms with E-state index in [1.165, 1.54) is 35.1 Å². The molecule has 1 atom stereocenters. The number of phenolic OH excluding ortho intramolecular Hbond substituents is 1. The zero-order chi connectivity index (χ0) is 27.2. The van der Waals surface area contributed by atoms with Gasteiger partial charge in [-0.3, -0.25) is 4.79 Å². The van der Waals surface area contributed by atoms with Crippen LogP contribution in [-0.4, -0.2) is 45.5 Å². The third kappa shape index (κ3) is 4.47. The second-order valence-corrected chi connectivity index (χ2v) is 11.7. The number of thiophene rings is 1. The van der Waals surface area contributed by atoms with Gasteiger partial charge in [0.25, 0.3) is 5.91 Å². The molecule has 2 aliphatic rings. The number of aromatic hydroxyl groups is 1. The Hall–Kier alpha value is -4.01. The molecule has 1 unspecified atom stereocenters. The SMILES string of the molecule is O=C1c2sc(-c3ccc(C4CCNCC4)cc3)cc2CCN1C(c1nc2ccccc2[nH]1)c1cc(F)ccc1O. The van der Waals surface area contributed by atoms with E-state index in [9.17, 15) is 14.3 Å². The van der Waals surface area contributed by atoms with E-state index in [0.717, 1.165) is 53.0 Å². The standard InChI is InChI=1S/C32H29FN4O2S/c33-23-9-10-27(38)24(18-23)29(31-35-25-3-1-2-4-26(25)36-31)37-16-13-22-17-28(40-30(22)32(37)39)21-7-5-19(6-8-21)20-11-14-34-15-12-20/h1-10,17-18,20,29,34,38H,11-16H2,(H,35,36). The maximum atomic E-state index is 14.4. The Bertz CT molecular complexity index is 1670. The van der Waals surface area contributed by atoms with E-state index in [2.05, 4.69) is 40.6 Å². The van der Waals surface area contributed by atoms with Gasteiger partial charge in [0.15, 0.2) is 0 Å². The number of nitrogens with one attached hydrogen (secondary N) is 2. The Labute approximate surface area is 235 Å². The summed E-state index contributed by atoms with van der Waals surface area (Å²) in [6.45, 7) is 2.55. The predicted molar refractivity (Wildman–Crippen MR) is 155 cm³/mol. The van der Waals surface area contributed by atoms with Crippen LogP contribution < -0.4 is 5.32 Å². The molecular weight excluding hydrogens is 523 g/mol. The van der Waals surface area contributed by atoms with Gasteiger partial charge in [0.1, 0.15) is 23.4 Å². The average molecular weight is 553 g/mol. The predicted octanol–water partition coefficient (Wildman–Crippen LogP) is 6.39. The molecule has 0 spiro atoms. The Morgan fingerprint density at radius 3 is 2.62 bits per heavy atom. The van der Waals surface area contributed by atoms with Gasteiger partial charge < -0.3 is 20.3 Å². The molecule has 0 bridgehead atoms. The molecule has 3 aromatic carbocycles. The highest BCUT2D eigenvalue weighted by Gasteiger charge is 2.36. The number of phenols is 1. The summed E-state index contributed by atoms with van der Waals surface area (Å²) in [5.74, 6) is 0.384. The van der Waals surface area contributed by atoms with E-state index in [1.807, 2.05) is 24.3 Å². The van der Waals surface area contributed by atoms with Crippen molar-refractivity contribution in [2.45, 2.75) is 31.2 Å². The minimum Gasteiger partial charge on any atom is -0.508 e. The van der Waals surface area contributed by atoms with E-state index in [0.29, 0.717) is 35.1 Å². The Morgan fingerprint density at radius 1 is 1.02 bits per heavy atom. The van der Waals surface area contributed by atoms with Crippen LogP contribution in [0.2, 0.25) is 0 Å². The van der Waals surface area contributed by atoms with E-state index in [-0.39, 0.29) is 11.7 Å². The van der Waals surface area contributed by atoms with Crippen molar-refractivity contribution in [2.24, 2.45) is 0 Å². The first-order valence-electron chi connectivity index (χ1n) is 13.7. The monoisotopic (exact) mass is 552 g/mol. The maximum absolute atomic E-state index is 14.4. The minimum absolute atomic E-state index is 0.0776. The fourth-order valence-electron chi connectivity index (χ4n) is 6.04. The summed E-state index contributed by atoms with van der Waals surface area (Å²) >= 11 is 1.49. The number of carbonyl (C=O) groups excluding carboxylic acids is 1. The fraction of sp³-hybridized carbons (Fsp3) is 0.250. The molecule has 7 rings (SSSR count). The number of rotatable bonds is 5. The molecule has 202 valence electrons. The van der Waals surface area contributed by atoms with Gasteiger partial charge in [-0.1, -0.05) is 36.4 Å². The van der Waals surface area contributed by atoms with Crippen LogP contribution >= 0.6 is 11.3 Å². The summed E-state index contributed by atoms with van der Waals surface area (Å²) in [6, 6.07) is 21.6. The zero-order valence-electron chi connectivity index (χ0n) is 21.9. The Balaban J connectivity index is 1.23. The molecule has 2 aliphatic heterocycles. The van der Waals surface area contributed by atoms with Crippen molar-refractivity contribution < 1.29 is 14.3 Å². The van der Waals surface area contributed by atoms with Crippen molar-refractivity contribution >= 4 is 28.3 Å². The summed E-state index contributed by atoms with van der Waals surface area (Å²) in [5.41, 5.74) is 5.37. The van der Waals surface area contributed by atoms with Gasteiger partial charge in [0, 0.05) is 17.0 Å². The molecule has 3 N–H and O–H groups in total. The Kier molecular flexibility index (Phi) is 6.37. The summed E-state index contributed by atoms with van der Waals surface area (Å²) in [5, 5.41) is 14.2. The van der Waals surface area contributed by atoms with Crippen molar-refractivity contribution in [3.8, 4) is 16.2 Å². The van der Waals surface area contributed by atoms with Gasteiger partial charge in [-0.15, -0.1) is 11.3 Å². The van der Waals surface area contributed by atoms with Crippen LogP contribution in [0.3, 0.4) is 0 Å². The highest BCUT2D eigenvalue weighted by Crippen LogP contribution is 2.41. The molecule has 0 saturated carbocycles. The highest BCUT2D eigenvalue weighted by atomic mass is 32.1. The van der Waals surface area contributed by atoms with E-state index < -0.39 is 11.9 Å². The lowest BCUT2D eigenvalue weighted by molar-refractivity contribution is 0.0687. The second kappa shape index (κ2) is 10.2. The molecule has 8 heteroatoms. The second-order valence-electron chi connectivity index (χ2n) is 10.6. The molecule has 40 heavy (non-hydrogen) atoms. The first-order valence-corrected chi connectivity index (χ1v) is 14.5. The molecular formula is C32H29FN4O2S. The van der Waals surface area contributed by atoms with Gasteiger partial charge in [-0.25, -0.2) is 9.37 Å². The van der Waals surface area contributed by atoms with Crippen LogP contribution in [0.4, 0.5) is 4.39 Å². The van der Waals surface area contributed by atoms with Crippen molar-refractivity contribution in [3.63, 3.8) is 0 Å². The fourth-order valence-corrected chi connectivity index (χ4v) is 7.21. The zero-order valence-corrected chi connectivity index (χ0v) is 22.7. The number of nitrogens with zero attached hydrogens (tertiary/aromatic N) is 2. The Morgan fingerprint density at radius 2 is 1.82 bits per heavy atom. The van der Waals surface area contributed by atoms with E-state index in [1.54, 1.807) is 4.90 Å². The highest BCUT2D eigenvalue weighted by molar-refractivity contribution is 7.17. The van der Waals surface area contributed by atoms with Gasteiger partial charge in [-0.2, -0.15) is 0 Å². The topological polar surface area (TPSA) is 81.2 Å². The normalized spacial score (nSPS) is 16.8. The van der Waals surface area contributed by atoms with Gasteiger partial charge in [-0.05, 0) is 91.4 Å². The van der Waals surface area contributed by atoms with Gasteiger partial charge in [0.2, 0.25) is 0 Å². The average Bonchev–Trinajstić information content (AvgIpc) is 3.62. The van der Waals surface area contributed by atoms with Crippen LogP contribution in [0, 0.1) is 5.82 Å². The molecule has 1 saturated heterocycles. The minimum atomic E-state index is -0.765. The number of halogens is 1. The number of imidazole rings is 1. The molecule has 5 aromatic rings. The number of H-pyrrole nitrogens is 1. The number of aromatic amines is 1. The number of carbonyl (C=O) groups is 1. The largest absolute Gasteiger partial charge is 0.508 e. The molecule has 6 nitrogen and oxygen atoms in total. The van der Waals surface area contributed by atoms with Crippen LogP contribution in [0.5, 0.6) is 5.75 Å². The third-order valence-corrected chi connectivity index (χ3v) is 9.37. The van der Waals surface area contributed by atoms with Crippen molar-refractivity contribution in [2.75, 3.05) is 19.6 Å². The smallest absolute Gasteiger partial charge is 0.265 e. The number of amides is 1. The molecule has 4 heterocycles. The maximum Gasteiger partial charge on any atom is 0.265 e. The number of hydrogen-bond acceptors (Lipinski definition) is 5. The number of aromatic nitrogens is 2. The van der Waals surface area contributed by atoms with Crippen molar-refractivity contribution in [1.29, 1.82) is 0 Å². The molecule has 1 fully saturated rings. The van der Waals surface area contributed by atoms with Gasteiger partial charge >= 0.3 is 0 Å². The van der Waals surface area contributed by atoms with E-state index in [4.69, 9.17) is 4.98 Å². The van der Waals surface area contributed by atoms with Crippen LogP contribution in [0.25, 0.3) is 21.5 Å². The molecule has 0 radical (unpaired) electrons. The molecule has 2 aromatic heterocycles. The summed E-state index contributed by atoms with van der Waals surface area (Å²) in [4.78, 5) is 25.5. The number of fused-ring (bicyclic) bond motifs is 2. The first-order chi connectivity index (χ1) is 19.5. The van der Waals surface area contributed by atoms with E-state index >= 15 is 0 Å². The number of benzene rings is 3. The number of para-hydroxylation sites is 2. The van der Waals surface area contributed by atoms with Crippen molar-refractivity contribution in [1.82, 2.24) is 20.2 Å². The lowest BCUT2D eigenvalue weighted by Crippen LogP contribution is -2.40. The van der Waals surface area contributed by atoms with Crippen LogP contribution in [0.1, 0.15) is 57.0 Å².